The maximum Gasteiger partial charge on any atom is 0.0398 e. The summed E-state index contributed by atoms with van der Waals surface area (Å²) in [5.41, 5.74) is 4.24. The fraction of sp³-hybridized carbons (Fsp3) is 0.647. The number of hydrogen-bond acceptors (Lipinski definition) is 1. The summed E-state index contributed by atoms with van der Waals surface area (Å²) >= 11 is 3.55. The van der Waals surface area contributed by atoms with Crippen LogP contribution < -0.4 is 4.90 Å². The molecule has 0 spiro atoms. The third-order valence-electron chi connectivity index (χ3n) is 4.05. The summed E-state index contributed by atoms with van der Waals surface area (Å²) in [6, 6.07) is 7.68. The zero-order valence-corrected chi connectivity index (χ0v) is 14.0. The van der Waals surface area contributed by atoms with Gasteiger partial charge in [0, 0.05) is 23.6 Å². The lowest BCUT2D eigenvalue weighted by Gasteiger charge is -2.34. The van der Waals surface area contributed by atoms with E-state index >= 15 is 0 Å². The van der Waals surface area contributed by atoms with Crippen LogP contribution in [0, 0.1) is 12.8 Å². The quantitative estimate of drug-likeness (QED) is 0.665. The highest BCUT2D eigenvalue weighted by molar-refractivity contribution is 9.08. The number of hydrogen-bond donors (Lipinski definition) is 0. The van der Waals surface area contributed by atoms with Crippen LogP contribution in [-0.2, 0) is 5.33 Å². The van der Waals surface area contributed by atoms with E-state index in [0.717, 1.165) is 17.3 Å². The molecule has 1 aromatic carbocycles. The van der Waals surface area contributed by atoms with Crippen molar-refractivity contribution in [2.45, 2.75) is 57.8 Å². The van der Waals surface area contributed by atoms with Crippen LogP contribution in [0.2, 0.25) is 0 Å². The zero-order valence-electron chi connectivity index (χ0n) is 12.5. The second kappa shape index (κ2) is 6.78. The van der Waals surface area contributed by atoms with Crippen LogP contribution in [0.5, 0.6) is 0 Å². The summed E-state index contributed by atoms with van der Waals surface area (Å²) in [7, 11) is 0. The molecule has 1 saturated carbocycles. The molecule has 19 heavy (non-hydrogen) atoms. The Morgan fingerprint density at radius 2 is 1.95 bits per heavy atom. The van der Waals surface area contributed by atoms with Crippen molar-refractivity contribution in [2.24, 2.45) is 5.92 Å². The van der Waals surface area contributed by atoms with E-state index in [1.165, 1.54) is 49.0 Å². The molecule has 106 valence electrons. The Labute approximate surface area is 126 Å². The molecule has 1 fully saturated rings. The van der Waals surface area contributed by atoms with E-state index in [2.05, 4.69) is 59.8 Å². The Balaban J connectivity index is 2.26. The Morgan fingerprint density at radius 3 is 2.47 bits per heavy atom. The Kier molecular flexibility index (Phi) is 5.32. The number of nitrogens with zero attached hydrogens (tertiary/aromatic N) is 1. The molecule has 0 aliphatic heterocycles. The smallest absolute Gasteiger partial charge is 0.0398 e. The SMILES string of the molecule is Cc1cc(CBr)ccc1N(CC(C)C)C1CCCC1. The van der Waals surface area contributed by atoms with Crippen LogP contribution in [0.25, 0.3) is 0 Å². The summed E-state index contributed by atoms with van der Waals surface area (Å²) in [6.45, 7) is 8.08. The van der Waals surface area contributed by atoms with Crippen molar-refractivity contribution in [2.75, 3.05) is 11.4 Å². The molecule has 0 atom stereocenters. The summed E-state index contributed by atoms with van der Waals surface area (Å²) in [5, 5.41) is 0.946. The van der Waals surface area contributed by atoms with Crippen molar-refractivity contribution in [1.29, 1.82) is 0 Å². The minimum Gasteiger partial charge on any atom is -0.368 e. The van der Waals surface area contributed by atoms with Gasteiger partial charge in [0.2, 0.25) is 0 Å². The fourth-order valence-electron chi connectivity index (χ4n) is 3.18. The molecule has 2 heteroatoms. The number of alkyl halides is 1. The summed E-state index contributed by atoms with van der Waals surface area (Å²) in [6.07, 6.45) is 5.54. The van der Waals surface area contributed by atoms with Gasteiger partial charge in [-0.2, -0.15) is 0 Å². The highest BCUT2D eigenvalue weighted by atomic mass is 79.9. The van der Waals surface area contributed by atoms with Crippen LogP contribution in [0.4, 0.5) is 5.69 Å². The maximum absolute atomic E-state index is 3.55. The van der Waals surface area contributed by atoms with Gasteiger partial charge in [0.25, 0.3) is 0 Å². The molecule has 0 saturated heterocycles. The first-order valence-corrected chi connectivity index (χ1v) is 8.66. The second-order valence-corrected chi connectivity index (χ2v) is 6.80. The molecule has 0 unspecified atom stereocenters. The predicted molar refractivity (Wildman–Crippen MR) is 88.3 cm³/mol. The molecular formula is C17H26BrN. The van der Waals surface area contributed by atoms with E-state index in [0.29, 0.717) is 0 Å². The predicted octanol–water partition coefficient (Wildman–Crippen LogP) is 5.29. The lowest BCUT2D eigenvalue weighted by molar-refractivity contribution is 0.535. The lowest BCUT2D eigenvalue weighted by atomic mass is 10.0. The largest absolute Gasteiger partial charge is 0.368 e. The van der Waals surface area contributed by atoms with Crippen molar-refractivity contribution in [1.82, 2.24) is 0 Å². The molecule has 1 aliphatic rings. The molecule has 2 rings (SSSR count). The van der Waals surface area contributed by atoms with Gasteiger partial charge in [-0.1, -0.05) is 54.8 Å². The lowest BCUT2D eigenvalue weighted by Crippen LogP contribution is -2.36. The van der Waals surface area contributed by atoms with Crippen molar-refractivity contribution < 1.29 is 0 Å². The van der Waals surface area contributed by atoms with Gasteiger partial charge >= 0.3 is 0 Å². The molecule has 0 amide bonds. The van der Waals surface area contributed by atoms with Crippen molar-refractivity contribution >= 4 is 21.6 Å². The molecule has 0 N–H and O–H groups in total. The van der Waals surface area contributed by atoms with Gasteiger partial charge < -0.3 is 4.90 Å². The molecule has 0 radical (unpaired) electrons. The molecule has 1 aromatic rings. The van der Waals surface area contributed by atoms with E-state index in [9.17, 15) is 0 Å². The van der Waals surface area contributed by atoms with Gasteiger partial charge in [-0.3, -0.25) is 0 Å². The summed E-state index contributed by atoms with van der Waals surface area (Å²) in [4.78, 5) is 2.67. The Morgan fingerprint density at radius 1 is 1.26 bits per heavy atom. The molecule has 1 aliphatic carbocycles. The second-order valence-electron chi connectivity index (χ2n) is 6.24. The van der Waals surface area contributed by atoms with Gasteiger partial charge in [-0.25, -0.2) is 0 Å². The molecule has 0 bridgehead atoms. The van der Waals surface area contributed by atoms with E-state index in [1.54, 1.807) is 0 Å². The van der Waals surface area contributed by atoms with Gasteiger partial charge in [0.1, 0.15) is 0 Å². The monoisotopic (exact) mass is 323 g/mol. The van der Waals surface area contributed by atoms with E-state index in [-0.39, 0.29) is 0 Å². The number of aryl methyl sites for hydroxylation is 1. The summed E-state index contributed by atoms with van der Waals surface area (Å²) in [5.74, 6) is 0.718. The number of benzene rings is 1. The minimum atomic E-state index is 0.718. The third kappa shape index (κ3) is 3.75. The average molecular weight is 324 g/mol. The fourth-order valence-corrected chi connectivity index (χ4v) is 3.53. The van der Waals surface area contributed by atoms with E-state index in [4.69, 9.17) is 0 Å². The first-order valence-electron chi connectivity index (χ1n) is 7.54. The van der Waals surface area contributed by atoms with Crippen molar-refractivity contribution in [3.63, 3.8) is 0 Å². The number of rotatable bonds is 5. The molecule has 0 aromatic heterocycles. The van der Waals surface area contributed by atoms with Gasteiger partial charge in [0.15, 0.2) is 0 Å². The van der Waals surface area contributed by atoms with E-state index in [1.807, 2.05) is 0 Å². The van der Waals surface area contributed by atoms with Gasteiger partial charge in [0.05, 0.1) is 0 Å². The van der Waals surface area contributed by atoms with Crippen molar-refractivity contribution in [3.8, 4) is 0 Å². The number of halogens is 1. The van der Waals surface area contributed by atoms with Gasteiger partial charge in [-0.15, -0.1) is 0 Å². The van der Waals surface area contributed by atoms with Crippen LogP contribution in [0.1, 0.15) is 50.7 Å². The normalized spacial score (nSPS) is 16.3. The molecule has 0 heterocycles. The maximum atomic E-state index is 3.55. The standard InChI is InChI=1S/C17H26BrN/c1-13(2)12-19(16-6-4-5-7-16)17-9-8-15(11-18)10-14(17)3/h8-10,13,16H,4-7,11-12H2,1-3H3. The zero-order chi connectivity index (χ0) is 13.8. The summed E-state index contributed by atoms with van der Waals surface area (Å²) < 4.78 is 0. The molecule has 1 nitrogen and oxygen atoms in total. The minimum absolute atomic E-state index is 0.718. The van der Waals surface area contributed by atoms with Crippen LogP contribution in [-0.4, -0.2) is 12.6 Å². The van der Waals surface area contributed by atoms with Gasteiger partial charge in [-0.05, 0) is 42.9 Å². The topological polar surface area (TPSA) is 3.24 Å². The third-order valence-corrected chi connectivity index (χ3v) is 4.70. The highest BCUT2D eigenvalue weighted by Gasteiger charge is 2.24. The molecular weight excluding hydrogens is 298 g/mol. The average Bonchev–Trinajstić information content (AvgIpc) is 2.89. The van der Waals surface area contributed by atoms with Crippen LogP contribution in [0.15, 0.2) is 18.2 Å². The first kappa shape index (κ1) is 14.9. The Hall–Kier alpha value is -0.500. The van der Waals surface area contributed by atoms with Crippen LogP contribution in [0.3, 0.4) is 0 Å². The van der Waals surface area contributed by atoms with E-state index < -0.39 is 0 Å². The number of anilines is 1. The van der Waals surface area contributed by atoms with Crippen LogP contribution >= 0.6 is 15.9 Å². The Bertz CT molecular complexity index is 408. The first-order chi connectivity index (χ1) is 9.11. The highest BCUT2D eigenvalue weighted by Crippen LogP contribution is 2.31. The van der Waals surface area contributed by atoms with Crippen molar-refractivity contribution in [3.05, 3.63) is 29.3 Å².